The van der Waals surface area contributed by atoms with E-state index in [0.717, 1.165) is 39.1 Å². The van der Waals surface area contributed by atoms with Crippen LogP contribution in [-0.4, -0.2) is 0 Å². The van der Waals surface area contributed by atoms with Gasteiger partial charge in [-0.25, -0.2) is 0 Å². The van der Waals surface area contributed by atoms with Crippen molar-refractivity contribution in [2.45, 2.75) is 4.90 Å². The monoisotopic (exact) mass is 298 g/mol. The van der Waals surface area contributed by atoms with Crippen LogP contribution in [0.3, 0.4) is 0 Å². The van der Waals surface area contributed by atoms with Gasteiger partial charge in [0.15, 0.2) is 0 Å². The van der Waals surface area contributed by atoms with Gasteiger partial charge in [0.05, 0.1) is 12.0 Å². The van der Waals surface area contributed by atoms with Crippen LogP contribution in [0.5, 0.6) is 0 Å². The Morgan fingerprint density at radius 1 is 0.905 bits per heavy atom. The van der Waals surface area contributed by atoms with Gasteiger partial charge in [0.25, 0.3) is 0 Å². The summed E-state index contributed by atoms with van der Waals surface area (Å²) in [6, 6.07) is 21.8. The normalized spacial score (nSPS) is 10.7. The van der Waals surface area contributed by atoms with E-state index in [0.29, 0.717) is 0 Å². The van der Waals surface area contributed by atoms with Crippen molar-refractivity contribution in [3.63, 3.8) is 0 Å². The van der Waals surface area contributed by atoms with E-state index >= 15 is 0 Å². The molecule has 0 atom stereocenters. The molecule has 0 aromatic heterocycles. The SMILES string of the molecule is [O-]OOSc1ccc2cccc(Nc3ccccc3)c2c1. The molecule has 21 heavy (non-hydrogen) atoms. The summed E-state index contributed by atoms with van der Waals surface area (Å²) in [4.78, 5) is 0.792. The molecule has 0 spiro atoms. The Morgan fingerprint density at radius 2 is 1.76 bits per heavy atom. The Bertz CT molecular complexity index is 734. The standard InChI is InChI=1S/C16H13NO3S/c18-19-20-21-14-10-9-12-5-4-8-16(15(12)11-14)17-13-6-2-1-3-7-13/h1-11,17-18H/p-1. The number of rotatable bonds is 5. The number of fused-ring (bicyclic) bond motifs is 1. The highest BCUT2D eigenvalue weighted by Crippen LogP contribution is 2.30. The van der Waals surface area contributed by atoms with Crippen molar-refractivity contribution in [2.24, 2.45) is 0 Å². The van der Waals surface area contributed by atoms with Gasteiger partial charge < -0.3 is 10.6 Å². The molecule has 0 heterocycles. The number of hydrogen-bond donors (Lipinski definition) is 1. The van der Waals surface area contributed by atoms with Crippen molar-refractivity contribution in [1.82, 2.24) is 0 Å². The second-order valence-electron chi connectivity index (χ2n) is 4.40. The highest BCUT2D eigenvalue weighted by atomic mass is 32.2. The summed E-state index contributed by atoms with van der Waals surface area (Å²) >= 11 is 0.888. The Labute approximate surface area is 126 Å². The van der Waals surface area contributed by atoms with Crippen LogP contribution in [0.4, 0.5) is 11.4 Å². The minimum absolute atomic E-state index is 0.792. The fourth-order valence-corrected chi connectivity index (χ4v) is 2.54. The molecule has 3 aromatic carbocycles. The third-order valence-corrected chi connectivity index (χ3v) is 3.63. The van der Waals surface area contributed by atoms with Gasteiger partial charge in [0.2, 0.25) is 0 Å². The van der Waals surface area contributed by atoms with Crippen LogP contribution in [0.25, 0.3) is 10.8 Å². The van der Waals surface area contributed by atoms with Gasteiger partial charge in [-0.1, -0.05) is 36.4 Å². The van der Waals surface area contributed by atoms with E-state index in [1.54, 1.807) is 0 Å². The molecule has 0 aliphatic heterocycles. The van der Waals surface area contributed by atoms with Crippen molar-refractivity contribution < 1.29 is 14.6 Å². The van der Waals surface area contributed by atoms with Crippen LogP contribution in [-0.2, 0) is 9.37 Å². The third kappa shape index (κ3) is 3.34. The third-order valence-electron chi connectivity index (χ3n) is 3.06. The molecule has 0 bridgehead atoms. The molecule has 3 aromatic rings. The van der Waals surface area contributed by atoms with E-state index in [9.17, 15) is 5.26 Å². The molecule has 3 rings (SSSR count). The van der Waals surface area contributed by atoms with Crippen molar-refractivity contribution >= 4 is 34.2 Å². The van der Waals surface area contributed by atoms with Crippen LogP contribution in [0.2, 0.25) is 0 Å². The summed E-state index contributed by atoms with van der Waals surface area (Å²) in [5.41, 5.74) is 2.01. The summed E-state index contributed by atoms with van der Waals surface area (Å²) < 4.78 is 4.37. The lowest BCUT2D eigenvalue weighted by Gasteiger charge is -2.11. The van der Waals surface area contributed by atoms with Gasteiger partial charge in [-0.3, -0.25) is 5.04 Å². The van der Waals surface area contributed by atoms with Crippen LogP contribution in [0, 0.1) is 0 Å². The summed E-state index contributed by atoms with van der Waals surface area (Å²) in [6.07, 6.45) is 0. The lowest BCUT2D eigenvalue weighted by Crippen LogP contribution is -2.00. The topological polar surface area (TPSA) is 53.5 Å². The maximum atomic E-state index is 9.92. The average molecular weight is 298 g/mol. The van der Waals surface area contributed by atoms with Crippen LogP contribution >= 0.6 is 12.0 Å². The van der Waals surface area contributed by atoms with Gasteiger partial charge >= 0.3 is 0 Å². The van der Waals surface area contributed by atoms with Crippen LogP contribution in [0.15, 0.2) is 71.6 Å². The summed E-state index contributed by atoms with van der Waals surface area (Å²) in [7, 11) is 0. The van der Waals surface area contributed by atoms with Crippen molar-refractivity contribution in [2.75, 3.05) is 5.32 Å². The van der Waals surface area contributed by atoms with Gasteiger partial charge in [-0.2, -0.15) is 4.33 Å². The van der Waals surface area contributed by atoms with Crippen molar-refractivity contribution in [3.05, 3.63) is 66.7 Å². The Balaban J connectivity index is 1.97. The van der Waals surface area contributed by atoms with Crippen molar-refractivity contribution in [1.29, 1.82) is 0 Å². The number of anilines is 2. The summed E-state index contributed by atoms with van der Waals surface area (Å²) in [5.74, 6) is 0. The number of benzene rings is 3. The first kappa shape index (κ1) is 13.9. The predicted molar refractivity (Wildman–Crippen MR) is 81.7 cm³/mol. The van der Waals surface area contributed by atoms with E-state index in [1.807, 2.05) is 66.7 Å². The zero-order valence-electron chi connectivity index (χ0n) is 11.0. The molecule has 4 nitrogen and oxygen atoms in total. The molecule has 5 heteroatoms. The predicted octanol–water partition coefficient (Wildman–Crippen LogP) is 3.81. The lowest BCUT2D eigenvalue weighted by atomic mass is 10.1. The molecule has 106 valence electrons. The van der Waals surface area contributed by atoms with E-state index in [2.05, 4.69) is 14.7 Å². The zero-order valence-corrected chi connectivity index (χ0v) is 11.8. The van der Waals surface area contributed by atoms with Gasteiger partial charge in [-0.15, -0.1) is 0 Å². The molecular weight excluding hydrogens is 286 g/mol. The van der Waals surface area contributed by atoms with Gasteiger partial charge in [-0.05, 0) is 35.7 Å². The summed E-state index contributed by atoms with van der Waals surface area (Å²) in [5, 5.41) is 18.8. The second-order valence-corrected chi connectivity index (χ2v) is 5.17. The average Bonchev–Trinajstić information content (AvgIpc) is 2.54. The van der Waals surface area contributed by atoms with E-state index in [4.69, 9.17) is 0 Å². The quantitative estimate of drug-likeness (QED) is 0.441. The van der Waals surface area contributed by atoms with Crippen molar-refractivity contribution in [3.8, 4) is 0 Å². The number of nitrogens with one attached hydrogen (secondary N) is 1. The minimum atomic E-state index is 0.792. The first-order chi connectivity index (χ1) is 10.4. The molecule has 0 amide bonds. The van der Waals surface area contributed by atoms with Crippen LogP contribution < -0.4 is 10.6 Å². The molecule has 0 aliphatic rings. The Kier molecular flexibility index (Phi) is 4.37. The number of hydrogen-bond acceptors (Lipinski definition) is 5. The van der Waals surface area contributed by atoms with Crippen LogP contribution in [0.1, 0.15) is 0 Å². The molecule has 0 saturated carbocycles. The number of para-hydroxylation sites is 1. The first-order valence-electron chi connectivity index (χ1n) is 6.35. The maximum absolute atomic E-state index is 9.92. The Hall–Kier alpha value is -2.05. The first-order valence-corrected chi connectivity index (χ1v) is 7.09. The maximum Gasteiger partial charge on any atom is 0.0674 e. The van der Waals surface area contributed by atoms with Gasteiger partial charge in [0.1, 0.15) is 0 Å². The molecule has 0 radical (unpaired) electrons. The largest absolute Gasteiger partial charge is 0.691 e. The second kappa shape index (κ2) is 6.60. The molecule has 0 aliphatic carbocycles. The fraction of sp³-hybridized carbons (Fsp3) is 0. The van der Waals surface area contributed by atoms with E-state index in [-0.39, 0.29) is 0 Å². The highest BCUT2D eigenvalue weighted by molar-refractivity contribution is 7.94. The molecule has 1 N–H and O–H groups in total. The lowest BCUT2D eigenvalue weighted by molar-refractivity contribution is -0.777. The van der Waals surface area contributed by atoms with E-state index < -0.39 is 0 Å². The molecule has 0 unspecified atom stereocenters. The fourth-order valence-electron chi connectivity index (χ4n) is 2.14. The van der Waals surface area contributed by atoms with Gasteiger partial charge in [0, 0.05) is 21.7 Å². The molecule has 0 fully saturated rings. The summed E-state index contributed by atoms with van der Waals surface area (Å²) in [6.45, 7) is 0. The molecular formula is C16H12NO3S-. The minimum Gasteiger partial charge on any atom is -0.691 e. The molecule has 0 saturated heterocycles. The zero-order chi connectivity index (χ0) is 14.5. The Morgan fingerprint density at radius 3 is 2.57 bits per heavy atom. The smallest absolute Gasteiger partial charge is 0.0674 e. The van der Waals surface area contributed by atoms with E-state index in [1.165, 1.54) is 0 Å². The highest BCUT2D eigenvalue weighted by Gasteiger charge is 2.04.